The molecule has 136 valence electrons. The van der Waals surface area contributed by atoms with Crippen molar-refractivity contribution < 1.29 is 9.53 Å². The van der Waals surface area contributed by atoms with Gasteiger partial charge in [-0.2, -0.15) is 5.10 Å². The van der Waals surface area contributed by atoms with Gasteiger partial charge in [0.15, 0.2) is 10.8 Å². The van der Waals surface area contributed by atoms with Gasteiger partial charge in [-0.25, -0.2) is 4.98 Å². The van der Waals surface area contributed by atoms with E-state index < -0.39 is 0 Å². The maximum Gasteiger partial charge on any atom is 0.280 e. The Morgan fingerprint density at radius 1 is 1.35 bits per heavy atom. The van der Waals surface area contributed by atoms with Gasteiger partial charge in [0.05, 0.1) is 22.9 Å². The van der Waals surface area contributed by atoms with Crippen LogP contribution in [-0.2, 0) is 11.8 Å². The van der Waals surface area contributed by atoms with E-state index >= 15 is 0 Å². The van der Waals surface area contributed by atoms with Crippen molar-refractivity contribution in [1.29, 1.82) is 0 Å². The number of hydrogen-bond donors (Lipinski definition) is 0. The lowest BCUT2D eigenvalue weighted by Gasteiger charge is -2.22. The molecule has 3 heterocycles. The molecule has 1 unspecified atom stereocenters. The van der Waals surface area contributed by atoms with Crippen molar-refractivity contribution >= 4 is 32.6 Å². The van der Waals surface area contributed by atoms with Gasteiger partial charge in [0.1, 0.15) is 0 Å². The van der Waals surface area contributed by atoms with Crippen LogP contribution >= 0.6 is 11.3 Å². The number of nitrogens with zero attached hydrogens (tertiary/aromatic N) is 4. The summed E-state index contributed by atoms with van der Waals surface area (Å²) in [5, 5.41) is 4.99. The lowest BCUT2D eigenvalue weighted by molar-refractivity contribution is 0.0913. The van der Waals surface area contributed by atoms with Crippen molar-refractivity contribution in [2.45, 2.75) is 32.8 Å². The predicted molar refractivity (Wildman–Crippen MR) is 103 cm³/mol. The second-order valence-electron chi connectivity index (χ2n) is 6.80. The normalized spacial score (nSPS) is 17.1. The molecule has 1 aliphatic heterocycles. The highest BCUT2D eigenvalue weighted by molar-refractivity contribution is 7.22. The Morgan fingerprint density at radius 3 is 2.81 bits per heavy atom. The van der Waals surface area contributed by atoms with Gasteiger partial charge in [-0.1, -0.05) is 23.5 Å². The van der Waals surface area contributed by atoms with Gasteiger partial charge in [0.25, 0.3) is 5.91 Å². The van der Waals surface area contributed by atoms with Gasteiger partial charge in [-0.3, -0.25) is 14.4 Å². The number of aryl methyl sites for hydroxylation is 3. The van der Waals surface area contributed by atoms with Crippen LogP contribution < -0.4 is 4.90 Å². The zero-order valence-electron chi connectivity index (χ0n) is 15.2. The molecular weight excluding hydrogens is 348 g/mol. The highest BCUT2D eigenvalue weighted by Crippen LogP contribution is 2.34. The van der Waals surface area contributed by atoms with E-state index in [9.17, 15) is 4.79 Å². The quantitative estimate of drug-likeness (QED) is 0.705. The molecule has 7 heteroatoms. The van der Waals surface area contributed by atoms with Gasteiger partial charge in [0, 0.05) is 19.9 Å². The largest absolute Gasteiger partial charge is 0.376 e. The van der Waals surface area contributed by atoms with Crippen LogP contribution in [0, 0.1) is 13.8 Å². The van der Waals surface area contributed by atoms with E-state index in [2.05, 4.69) is 31.1 Å². The molecule has 1 aliphatic rings. The first kappa shape index (κ1) is 17.2. The summed E-state index contributed by atoms with van der Waals surface area (Å²) >= 11 is 1.56. The molecule has 1 aromatic carbocycles. The maximum atomic E-state index is 13.2. The summed E-state index contributed by atoms with van der Waals surface area (Å²) in [6.07, 6.45) is 3.84. The first-order valence-electron chi connectivity index (χ1n) is 8.83. The Bertz CT molecular complexity index is 917. The van der Waals surface area contributed by atoms with Crippen molar-refractivity contribution in [1.82, 2.24) is 14.8 Å². The fraction of sp³-hybridized carbons (Fsp3) is 0.421. The minimum Gasteiger partial charge on any atom is -0.376 e. The number of ether oxygens (including phenoxy) is 1. The maximum absolute atomic E-state index is 13.2. The number of thiazole rings is 1. The molecule has 0 bridgehead atoms. The smallest absolute Gasteiger partial charge is 0.280 e. The van der Waals surface area contributed by atoms with E-state index in [-0.39, 0.29) is 12.0 Å². The molecule has 6 nitrogen and oxygen atoms in total. The molecular formula is C19H22N4O2S. The molecule has 0 radical (unpaired) electrons. The Morgan fingerprint density at radius 2 is 2.15 bits per heavy atom. The van der Waals surface area contributed by atoms with Crippen molar-refractivity contribution in [3.8, 4) is 0 Å². The Hall–Kier alpha value is -2.25. The molecule has 1 atom stereocenters. The number of hydrogen-bond acceptors (Lipinski definition) is 5. The van der Waals surface area contributed by atoms with Gasteiger partial charge in [-0.05, 0) is 43.9 Å². The lowest BCUT2D eigenvalue weighted by atomic mass is 10.1. The SMILES string of the molecule is Cc1ccc(C)c2sc(N(CC3CCCO3)C(=O)c3ccn(C)n3)nc12. The average Bonchev–Trinajstić information content (AvgIpc) is 3.35. The second kappa shape index (κ2) is 6.81. The molecule has 0 N–H and O–H groups in total. The van der Waals surface area contributed by atoms with E-state index in [1.165, 1.54) is 5.56 Å². The van der Waals surface area contributed by atoms with Gasteiger partial charge < -0.3 is 4.74 Å². The Balaban J connectivity index is 1.75. The van der Waals surface area contributed by atoms with Crippen molar-refractivity contribution in [3.05, 3.63) is 41.2 Å². The Labute approximate surface area is 156 Å². The van der Waals surface area contributed by atoms with Gasteiger partial charge in [-0.15, -0.1) is 0 Å². The zero-order valence-corrected chi connectivity index (χ0v) is 16.0. The Kier molecular flexibility index (Phi) is 4.50. The number of amides is 1. The van der Waals surface area contributed by atoms with Crippen LogP contribution in [-0.4, -0.2) is 39.9 Å². The number of aromatic nitrogens is 3. The predicted octanol–water partition coefficient (Wildman–Crippen LogP) is 3.47. The van der Waals surface area contributed by atoms with Crippen LogP contribution in [0.4, 0.5) is 5.13 Å². The van der Waals surface area contributed by atoms with Crippen molar-refractivity contribution in [3.63, 3.8) is 0 Å². The number of carbonyl (C=O) groups is 1. The highest BCUT2D eigenvalue weighted by Gasteiger charge is 2.28. The number of carbonyl (C=O) groups excluding carboxylic acids is 1. The van der Waals surface area contributed by atoms with Crippen molar-refractivity contribution in [2.24, 2.45) is 7.05 Å². The highest BCUT2D eigenvalue weighted by atomic mass is 32.1. The number of benzene rings is 1. The fourth-order valence-electron chi connectivity index (χ4n) is 3.27. The molecule has 26 heavy (non-hydrogen) atoms. The summed E-state index contributed by atoms with van der Waals surface area (Å²) < 4.78 is 8.55. The second-order valence-corrected chi connectivity index (χ2v) is 7.78. The third-order valence-electron chi connectivity index (χ3n) is 4.75. The molecule has 4 rings (SSSR count). The topological polar surface area (TPSA) is 60.2 Å². The summed E-state index contributed by atoms with van der Waals surface area (Å²) in [4.78, 5) is 19.7. The van der Waals surface area contributed by atoms with E-state index in [4.69, 9.17) is 9.72 Å². The first-order valence-corrected chi connectivity index (χ1v) is 9.64. The minimum absolute atomic E-state index is 0.0527. The summed E-state index contributed by atoms with van der Waals surface area (Å²) in [5.41, 5.74) is 3.70. The third-order valence-corrected chi connectivity index (χ3v) is 5.96. The monoisotopic (exact) mass is 370 g/mol. The van der Waals surface area contributed by atoms with Gasteiger partial charge >= 0.3 is 0 Å². The summed E-state index contributed by atoms with van der Waals surface area (Å²) in [7, 11) is 1.81. The van der Waals surface area contributed by atoms with Crippen LogP contribution in [0.1, 0.15) is 34.5 Å². The van der Waals surface area contributed by atoms with Crippen LogP contribution in [0.3, 0.4) is 0 Å². The van der Waals surface area contributed by atoms with Crippen LogP contribution in [0.5, 0.6) is 0 Å². The first-order chi connectivity index (χ1) is 12.5. The molecule has 2 aromatic heterocycles. The summed E-state index contributed by atoms with van der Waals surface area (Å²) in [5.74, 6) is -0.129. The molecule has 1 fully saturated rings. The molecule has 0 saturated carbocycles. The fourth-order valence-corrected chi connectivity index (χ4v) is 4.39. The van der Waals surface area contributed by atoms with Crippen LogP contribution in [0.2, 0.25) is 0 Å². The van der Waals surface area contributed by atoms with E-state index in [0.29, 0.717) is 17.4 Å². The van der Waals surface area contributed by atoms with E-state index in [1.807, 2.05) is 7.05 Å². The van der Waals surface area contributed by atoms with Crippen LogP contribution in [0.25, 0.3) is 10.2 Å². The average molecular weight is 370 g/mol. The molecule has 0 spiro atoms. The zero-order chi connectivity index (χ0) is 18.3. The van der Waals surface area contributed by atoms with Crippen LogP contribution in [0.15, 0.2) is 24.4 Å². The number of anilines is 1. The number of rotatable bonds is 4. The van der Waals surface area contributed by atoms with E-state index in [0.717, 1.165) is 35.2 Å². The minimum atomic E-state index is -0.129. The van der Waals surface area contributed by atoms with Crippen molar-refractivity contribution in [2.75, 3.05) is 18.1 Å². The van der Waals surface area contributed by atoms with E-state index in [1.54, 1.807) is 33.2 Å². The lowest BCUT2D eigenvalue weighted by Crippen LogP contribution is -2.37. The molecule has 0 aliphatic carbocycles. The molecule has 1 amide bonds. The third kappa shape index (κ3) is 3.12. The van der Waals surface area contributed by atoms with Gasteiger partial charge in [0.2, 0.25) is 0 Å². The number of fused-ring (bicyclic) bond motifs is 1. The summed E-state index contributed by atoms with van der Waals surface area (Å²) in [6.45, 7) is 5.40. The summed E-state index contributed by atoms with van der Waals surface area (Å²) in [6, 6.07) is 5.92. The molecule has 3 aromatic rings. The standard InChI is InChI=1S/C19H22N4O2S/c1-12-6-7-13(2)17-16(12)20-19(26-17)23(11-14-5-4-10-25-14)18(24)15-8-9-22(3)21-15/h6-9,14H,4-5,10-11H2,1-3H3. The molecule has 1 saturated heterocycles.